The van der Waals surface area contributed by atoms with E-state index in [0.717, 1.165) is 18.7 Å². The fourth-order valence-corrected chi connectivity index (χ4v) is 1.72. The number of para-hydroxylation sites is 1. The minimum atomic E-state index is -4.37. The average molecular weight is 303 g/mol. The van der Waals surface area contributed by atoms with Gasteiger partial charge in [0.1, 0.15) is 6.54 Å². The molecule has 1 amide bonds. The third-order valence-electron chi connectivity index (χ3n) is 2.82. The van der Waals surface area contributed by atoms with E-state index < -0.39 is 18.6 Å². The second-order valence-electron chi connectivity index (χ2n) is 4.68. The molecular weight excluding hydrogens is 283 g/mol. The molecule has 0 bridgehead atoms. The zero-order valence-electron chi connectivity index (χ0n) is 11.9. The quantitative estimate of drug-likeness (QED) is 0.720. The first-order valence-electron chi connectivity index (χ1n) is 6.69. The van der Waals surface area contributed by atoms with E-state index in [1.165, 1.54) is 0 Å². The highest BCUT2D eigenvalue weighted by Gasteiger charge is 2.27. The smallest absolute Gasteiger partial charge is 0.375 e. The van der Waals surface area contributed by atoms with Crippen molar-refractivity contribution in [3.63, 3.8) is 0 Å². The number of benzene rings is 1. The van der Waals surface area contributed by atoms with Crippen LogP contribution in [0.15, 0.2) is 30.3 Å². The zero-order chi connectivity index (χ0) is 15.7. The van der Waals surface area contributed by atoms with Gasteiger partial charge in [0.25, 0.3) is 0 Å². The van der Waals surface area contributed by atoms with Crippen LogP contribution < -0.4 is 15.5 Å². The molecule has 1 aromatic carbocycles. The number of rotatable bonds is 8. The molecule has 4 nitrogen and oxygen atoms in total. The molecule has 0 saturated heterocycles. The molecule has 1 aromatic rings. The Hall–Kier alpha value is -1.76. The number of nitrogens with one attached hydrogen (secondary N) is 2. The maximum absolute atomic E-state index is 11.9. The van der Waals surface area contributed by atoms with Crippen LogP contribution in [-0.2, 0) is 4.79 Å². The molecule has 0 spiro atoms. The van der Waals surface area contributed by atoms with Crippen LogP contribution in [0.4, 0.5) is 18.9 Å². The van der Waals surface area contributed by atoms with Crippen LogP contribution in [-0.4, -0.2) is 45.3 Å². The largest absolute Gasteiger partial charge is 0.405 e. The lowest BCUT2D eigenvalue weighted by Crippen LogP contribution is -2.39. The lowest BCUT2D eigenvalue weighted by Gasteiger charge is -2.19. The van der Waals surface area contributed by atoms with Gasteiger partial charge in [0.15, 0.2) is 0 Å². The Balaban J connectivity index is 2.08. The number of carbonyl (C=O) groups excluding carboxylic acids is 1. The number of alkyl halides is 3. The molecular formula is C14H20F3N3O. The molecule has 0 aliphatic heterocycles. The summed E-state index contributed by atoms with van der Waals surface area (Å²) >= 11 is 0. The van der Waals surface area contributed by atoms with Gasteiger partial charge >= 0.3 is 6.18 Å². The lowest BCUT2D eigenvalue weighted by molar-refractivity contribution is -0.137. The van der Waals surface area contributed by atoms with Crippen molar-refractivity contribution in [2.24, 2.45) is 0 Å². The number of nitrogens with zero attached hydrogens (tertiary/aromatic N) is 1. The molecule has 7 heteroatoms. The molecule has 0 saturated carbocycles. The number of hydrogen-bond donors (Lipinski definition) is 2. The lowest BCUT2D eigenvalue weighted by atomic mass is 10.3. The second kappa shape index (κ2) is 8.51. The van der Waals surface area contributed by atoms with Crippen LogP contribution in [0, 0.1) is 0 Å². The van der Waals surface area contributed by atoms with Crippen LogP contribution in [0.1, 0.15) is 6.42 Å². The Kier molecular flexibility index (Phi) is 7.01. The van der Waals surface area contributed by atoms with E-state index in [1.54, 1.807) is 0 Å². The average Bonchev–Trinajstić information content (AvgIpc) is 2.44. The number of anilines is 1. The summed E-state index contributed by atoms with van der Waals surface area (Å²) in [4.78, 5) is 13.2. The van der Waals surface area contributed by atoms with Crippen LogP contribution in [0.2, 0.25) is 0 Å². The van der Waals surface area contributed by atoms with Gasteiger partial charge in [0, 0.05) is 19.3 Å². The van der Waals surface area contributed by atoms with E-state index in [4.69, 9.17) is 0 Å². The number of carbonyl (C=O) groups is 1. The number of hydrogen-bond acceptors (Lipinski definition) is 3. The molecule has 0 aliphatic carbocycles. The maximum atomic E-state index is 11.9. The summed E-state index contributed by atoms with van der Waals surface area (Å²) in [5, 5.41) is 4.63. The van der Waals surface area contributed by atoms with Crippen molar-refractivity contribution in [2.75, 3.05) is 38.1 Å². The highest BCUT2D eigenvalue weighted by molar-refractivity contribution is 5.77. The third kappa shape index (κ3) is 8.19. The van der Waals surface area contributed by atoms with Crippen molar-refractivity contribution >= 4 is 11.6 Å². The monoisotopic (exact) mass is 303 g/mol. The standard InChI is InChI=1S/C14H20F3N3O/c1-20(12-6-3-2-4-7-12)9-5-8-18-10-13(21)19-11-14(15,16)17/h2-4,6-7,18H,5,8-11H2,1H3,(H,19,21). The highest BCUT2D eigenvalue weighted by atomic mass is 19.4. The van der Waals surface area contributed by atoms with Crippen molar-refractivity contribution in [1.82, 2.24) is 10.6 Å². The fraction of sp³-hybridized carbons (Fsp3) is 0.500. The van der Waals surface area contributed by atoms with Gasteiger partial charge in [-0.2, -0.15) is 13.2 Å². The molecule has 0 radical (unpaired) electrons. The van der Waals surface area contributed by atoms with Gasteiger partial charge in [-0.3, -0.25) is 4.79 Å². The highest BCUT2D eigenvalue weighted by Crippen LogP contribution is 2.12. The van der Waals surface area contributed by atoms with Crippen molar-refractivity contribution in [3.8, 4) is 0 Å². The minimum absolute atomic E-state index is 0.106. The van der Waals surface area contributed by atoms with Crippen molar-refractivity contribution < 1.29 is 18.0 Å². The van der Waals surface area contributed by atoms with Crippen LogP contribution >= 0.6 is 0 Å². The molecule has 0 fully saturated rings. The second-order valence-corrected chi connectivity index (χ2v) is 4.68. The molecule has 1 rings (SSSR count). The van der Waals surface area contributed by atoms with E-state index in [0.29, 0.717) is 6.54 Å². The van der Waals surface area contributed by atoms with Gasteiger partial charge in [-0.05, 0) is 25.1 Å². The Morgan fingerprint density at radius 2 is 1.90 bits per heavy atom. The predicted octanol–water partition coefficient (Wildman–Crippen LogP) is 1.78. The summed E-state index contributed by atoms with van der Waals surface area (Å²) in [5.41, 5.74) is 1.10. The maximum Gasteiger partial charge on any atom is 0.405 e. The van der Waals surface area contributed by atoms with E-state index in [9.17, 15) is 18.0 Å². The summed E-state index contributed by atoms with van der Waals surface area (Å²) in [7, 11) is 1.96. The molecule has 0 atom stereocenters. The first-order valence-corrected chi connectivity index (χ1v) is 6.69. The van der Waals surface area contributed by atoms with Crippen molar-refractivity contribution in [3.05, 3.63) is 30.3 Å². The Labute approximate surface area is 122 Å². The normalized spacial score (nSPS) is 11.2. The summed E-state index contributed by atoms with van der Waals surface area (Å²) in [6.07, 6.45) is -3.58. The molecule has 21 heavy (non-hydrogen) atoms. The van der Waals surface area contributed by atoms with Gasteiger partial charge < -0.3 is 15.5 Å². The molecule has 0 heterocycles. The minimum Gasteiger partial charge on any atom is -0.375 e. The zero-order valence-corrected chi connectivity index (χ0v) is 11.9. The SMILES string of the molecule is CN(CCCNCC(=O)NCC(F)(F)F)c1ccccc1. The van der Waals surface area contributed by atoms with Crippen LogP contribution in [0.25, 0.3) is 0 Å². The van der Waals surface area contributed by atoms with Gasteiger partial charge in [-0.1, -0.05) is 18.2 Å². The van der Waals surface area contributed by atoms with Gasteiger partial charge in [-0.25, -0.2) is 0 Å². The van der Waals surface area contributed by atoms with E-state index in [1.807, 2.05) is 42.7 Å². The molecule has 0 aromatic heterocycles. The summed E-state index contributed by atoms with van der Waals surface area (Å²) in [6.45, 7) is -0.0345. The summed E-state index contributed by atoms with van der Waals surface area (Å²) < 4.78 is 35.6. The fourth-order valence-electron chi connectivity index (χ4n) is 1.72. The Bertz CT molecular complexity index is 423. The number of amides is 1. The molecule has 2 N–H and O–H groups in total. The van der Waals surface area contributed by atoms with Crippen LogP contribution in [0.5, 0.6) is 0 Å². The van der Waals surface area contributed by atoms with E-state index >= 15 is 0 Å². The Morgan fingerprint density at radius 3 is 2.52 bits per heavy atom. The third-order valence-corrected chi connectivity index (χ3v) is 2.82. The van der Waals surface area contributed by atoms with Crippen molar-refractivity contribution in [2.45, 2.75) is 12.6 Å². The first kappa shape index (κ1) is 17.3. The molecule has 0 aliphatic rings. The summed E-state index contributed by atoms with van der Waals surface area (Å²) in [6, 6.07) is 9.85. The summed E-state index contributed by atoms with van der Waals surface area (Å²) in [5.74, 6) is -0.649. The van der Waals surface area contributed by atoms with Gasteiger partial charge in [0.05, 0.1) is 6.54 Å². The molecule has 0 unspecified atom stereocenters. The van der Waals surface area contributed by atoms with E-state index in [-0.39, 0.29) is 6.54 Å². The first-order chi connectivity index (χ1) is 9.88. The topological polar surface area (TPSA) is 44.4 Å². The number of halogens is 3. The molecule has 118 valence electrons. The van der Waals surface area contributed by atoms with Gasteiger partial charge in [0.2, 0.25) is 5.91 Å². The van der Waals surface area contributed by atoms with E-state index in [2.05, 4.69) is 10.2 Å². The predicted molar refractivity (Wildman–Crippen MR) is 76.3 cm³/mol. The van der Waals surface area contributed by atoms with Crippen molar-refractivity contribution in [1.29, 1.82) is 0 Å². The Morgan fingerprint density at radius 1 is 1.24 bits per heavy atom. The van der Waals surface area contributed by atoms with Crippen LogP contribution in [0.3, 0.4) is 0 Å². The van der Waals surface area contributed by atoms with Gasteiger partial charge in [-0.15, -0.1) is 0 Å².